The molecule has 0 atom stereocenters. The first kappa shape index (κ1) is 13.4. The lowest BCUT2D eigenvalue weighted by atomic mass is 10.1. The molecule has 0 fully saturated rings. The molecule has 21 heavy (non-hydrogen) atoms. The van der Waals surface area contributed by atoms with Gasteiger partial charge in [-0.25, -0.2) is 9.97 Å². The van der Waals surface area contributed by atoms with E-state index in [0.717, 1.165) is 22.6 Å². The summed E-state index contributed by atoms with van der Waals surface area (Å²) in [6.07, 6.45) is 2.05. The molecule has 1 amide bonds. The molecule has 0 saturated carbocycles. The lowest BCUT2D eigenvalue weighted by molar-refractivity contribution is -0.131. The third-order valence-electron chi connectivity index (χ3n) is 3.54. The maximum Gasteiger partial charge on any atom is 0.227 e. The van der Waals surface area contributed by atoms with Gasteiger partial charge in [0.15, 0.2) is 0 Å². The van der Waals surface area contributed by atoms with E-state index in [4.69, 9.17) is 10.5 Å². The van der Waals surface area contributed by atoms with Gasteiger partial charge in [-0.05, 0) is 17.7 Å². The molecule has 2 N–H and O–H groups in total. The van der Waals surface area contributed by atoms with Crippen LogP contribution in [0.4, 0.5) is 5.95 Å². The number of carbonyl (C=O) groups excluding carboxylic acids is 1. The van der Waals surface area contributed by atoms with Crippen LogP contribution in [0.5, 0.6) is 5.75 Å². The fourth-order valence-electron chi connectivity index (χ4n) is 2.37. The van der Waals surface area contributed by atoms with Crippen molar-refractivity contribution in [2.45, 2.75) is 19.5 Å². The zero-order chi connectivity index (χ0) is 14.8. The number of nitrogens with zero attached hydrogens (tertiary/aromatic N) is 3. The maximum atomic E-state index is 12.3. The maximum absolute atomic E-state index is 12.3. The van der Waals surface area contributed by atoms with Crippen molar-refractivity contribution in [3.8, 4) is 5.75 Å². The minimum atomic E-state index is 0.0664. The first-order valence-electron chi connectivity index (χ1n) is 6.66. The lowest BCUT2D eigenvalue weighted by Gasteiger charge is -2.15. The van der Waals surface area contributed by atoms with Crippen LogP contribution in [0.2, 0.25) is 0 Å². The fourth-order valence-corrected chi connectivity index (χ4v) is 2.37. The summed E-state index contributed by atoms with van der Waals surface area (Å²) in [5.41, 5.74) is 8.33. The SMILES string of the molecule is COc1ccc(CC(=O)N2Cc3cnc(N)nc3C2)cc1. The Balaban J connectivity index is 1.67. The Morgan fingerprint density at radius 2 is 2.10 bits per heavy atom. The van der Waals surface area contributed by atoms with Gasteiger partial charge in [0.25, 0.3) is 0 Å². The van der Waals surface area contributed by atoms with Crippen LogP contribution in [-0.2, 0) is 24.3 Å². The van der Waals surface area contributed by atoms with Crippen molar-refractivity contribution < 1.29 is 9.53 Å². The van der Waals surface area contributed by atoms with Crippen molar-refractivity contribution in [2.75, 3.05) is 12.8 Å². The highest BCUT2D eigenvalue weighted by molar-refractivity contribution is 5.79. The molecule has 108 valence electrons. The largest absolute Gasteiger partial charge is 0.497 e. The summed E-state index contributed by atoms with van der Waals surface area (Å²) >= 11 is 0. The number of aromatic nitrogens is 2. The van der Waals surface area contributed by atoms with Crippen LogP contribution in [0.1, 0.15) is 16.8 Å². The average Bonchev–Trinajstić information content (AvgIpc) is 2.91. The van der Waals surface area contributed by atoms with E-state index in [2.05, 4.69) is 9.97 Å². The second kappa shape index (κ2) is 5.40. The van der Waals surface area contributed by atoms with E-state index in [1.54, 1.807) is 18.2 Å². The summed E-state index contributed by atoms with van der Waals surface area (Å²) in [7, 11) is 1.62. The second-order valence-electron chi connectivity index (χ2n) is 4.97. The molecule has 0 aliphatic carbocycles. The van der Waals surface area contributed by atoms with Gasteiger partial charge in [0.2, 0.25) is 11.9 Å². The number of methoxy groups -OCH3 is 1. The first-order valence-corrected chi connectivity index (χ1v) is 6.66. The van der Waals surface area contributed by atoms with Crippen molar-refractivity contribution >= 4 is 11.9 Å². The van der Waals surface area contributed by atoms with Gasteiger partial charge in [-0.1, -0.05) is 12.1 Å². The van der Waals surface area contributed by atoms with Gasteiger partial charge in [-0.2, -0.15) is 0 Å². The number of fused-ring (bicyclic) bond motifs is 1. The molecule has 0 bridgehead atoms. The lowest BCUT2D eigenvalue weighted by Crippen LogP contribution is -2.26. The highest BCUT2D eigenvalue weighted by Crippen LogP contribution is 2.22. The summed E-state index contributed by atoms with van der Waals surface area (Å²) in [4.78, 5) is 22.2. The minimum Gasteiger partial charge on any atom is -0.497 e. The summed E-state index contributed by atoms with van der Waals surface area (Å²) in [6, 6.07) is 7.51. The standard InChI is InChI=1S/C15H16N4O2/c1-21-12-4-2-10(3-5-12)6-14(20)19-8-11-7-17-15(16)18-13(11)9-19/h2-5,7H,6,8-9H2,1H3,(H2,16,17,18). The second-order valence-corrected chi connectivity index (χ2v) is 4.97. The smallest absolute Gasteiger partial charge is 0.227 e. The number of rotatable bonds is 3. The Kier molecular flexibility index (Phi) is 3.43. The van der Waals surface area contributed by atoms with Crippen LogP contribution in [0.25, 0.3) is 0 Å². The van der Waals surface area contributed by atoms with Gasteiger partial charge in [0.1, 0.15) is 5.75 Å². The molecule has 1 aromatic carbocycles. The number of anilines is 1. The van der Waals surface area contributed by atoms with Gasteiger partial charge in [-0.15, -0.1) is 0 Å². The Labute approximate surface area is 122 Å². The number of hydrogen-bond donors (Lipinski definition) is 1. The minimum absolute atomic E-state index is 0.0664. The normalized spacial score (nSPS) is 13.1. The van der Waals surface area contributed by atoms with Crippen LogP contribution < -0.4 is 10.5 Å². The van der Waals surface area contributed by atoms with Crippen LogP contribution in [0, 0.1) is 0 Å². The highest BCUT2D eigenvalue weighted by atomic mass is 16.5. The van der Waals surface area contributed by atoms with Crippen molar-refractivity contribution in [1.29, 1.82) is 0 Å². The van der Waals surface area contributed by atoms with Gasteiger partial charge >= 0.3 is 0 Å². The van der Waals surface area contributed by atoms with Crippen LogP contribution in [0.15, 0.2) is 30.5 Å². The molecule has 6 nitrogen and oxygen atoms in total. The fraction of sp³-hybridized carbons (Fsp3) is 0.267. The zero-order valence-corrected chi connectivity index (χ0v) is 11.7. The molecule has 0 unspecified atom stereocenters. The van der Waals surface area contributed by atoms with E-state index in [1.807, 2.05) is 24.3 Å². The average molecular weight is 284 g/mol. The first-order chi connectivity index (χ1) is 10.2. The molecule has 2 heterocycles. The molecular formula is C15H16N4O2. The number of nitrogens with two attached hydrogens (primary N) is 1. The molecule has 0 saturated heterocycles. The molecular weight excluding hydrogens is 268 g/mol. The van der Waals surface area contributed by atoms with Gasteiger partial charge in [0.05, 0.1) is 25.8 Å². The summed E-state index contributed by atoms with van der Waals surface area (Å²) in [5.74, 6) is 1.10. The Bertz CT molecular complexity index is 670. The predicted octanol–water partition coefficient (Wildman–Crippen LogP) is 1.15. The van der Waals surface area contributed by atoms with Crippen molar-refractivity contribution in [3.05, 3.63) is 47.3 Å². The molecule has 1 aromatic heterocycles. The third kappa shape index (κ3) is 2.79. The van der Waals surface area contributed by atoms with Crippen LogP contribution in [0.3, 0.4) is 0 Å². The molecule has 0 radical (unpaired) electrons. The molecule has 3 rings (SSSR count). The molecule has 2 aromatic rings. The quantitative estimate of drug-likeness (QED) is 0.914. The van der Waals surface area contributed by atoms with Gasteiger partial charge in [0, 0.05) is 18.3 Å². The van der Waals surface area contributed by atoms with Crippen molar-refractivity contribution in [3.63, 3.8) is 0 Å². The number of benzene rings is 1. The Hall–Kier alpha value is -2.63. The number of carbonyl (C=O) groups is 1. The number of ether oxygens (including phenoxy) is 1. The molecule has 0 spiro atoms. The van der Waals surface area contributed by atoms with Crippen LogP contribution >= 0.6 is 0 Å². The van der Waals surface area contributed by atoms with Gasteiger partial charge < -0.3 is 15.4 Å². The third-order valence-corrected chi connectivity index (χ3v) is 3.54. The van der Waals surface area contributed by atoms with Gasteiger partial charge in [-0.3, -0.25) is 4.79 Å². The Morgan fingerprint density at radius 1 is 1.33 bits per heavy atom. The zero-order valence-electron chi connectivity index (χ0n) is 11.7. The Morgan fingerprint density at radius 3 is 2.81 bits per heavy atom. The van der Waals surface area contributed by atoms with E-state index in [-0.39, 0.29) is 11.9 Å². The molecule has 6 heteroatoms. The molecule has 1 aliphatic heterocycles. The topological polar surface area (TPSA) is 81.3 Å². The van der Waals surface area contributed by atoms with Crippen LogP contribution in [-0.4, -0.2) is 27.9 Å². The number of nitrogen functional groups attached to an aromatic ring is 1. The monoisotopic (exact) mass is 284 g/mol. The van der Waals surface area contributed by atoms with E-state index in [1.165, 1.54) is 0 Å². The highest BCUT2D eigenvalue weighted by Gasteiger charge is 2.24. The van der Waals surface area contributed by atoms with Crippen molar-refractivity contribution in [1.82, 2.24) is 14.9 Å². The number of amides is 1. The van der Waals surface area contributed by atoms with E-state index in [0.29, 0.717) is 19.5 Å². The summed E-state index contributed by atoms with van der Waals surface area (Å²) in [6.45, 7) is 1.04. The van der Waals surface area contributed by atoms with E-state index < -0.39 is 0 Å². The number of hydrogen-bond acceptors (Lipinski definition) is 5. The van der Waals surface area contributed by atoms with E-state index in [9.17, 15) is 4.79 Å². The summed E-state index contributed by atoms with van der Waals surface area (Å²) in [5, 5.41) is 0. The summed E-state index contributed by atoms with van der Waals surface area (Å²) < 4.78 is 5.11. The molecule has 1 aliphatic rings. The van der Waals surface area contributed by atoms with E-state index >= 15 is 0 Å². The van der Waals surface area contributed by atoms with Crippen molar-refractivity contribution in [2.24, 2.45) is 0 Å². The predicted molar refractivity (Wildman–Crippen MR) is 77.4 cm³/mol.